The van der Waals surface area contributed by atoms with Gasteiger partial charge in [-0.05, 0) is 23.8 Å². The molecular weight excluding hydrogens is 412 g/mol. The smallest absolute Gasteiger partial charge is 0.265 e. The maximum atomic E-state index is 13.1. The van der Waals surface area contributed by atoms with Crippen molar-refractivity contribution in [3.05, 3.63) is 59.5 Å². The van der Waals surface area contributed by atoms with Crippen LogP contribution in [0.3, 0.4) is 0 Å². The fourth-order valence-corrected chi connectivity index (χ4v) is 4.88. The SMILES string of the molecule is O=C(Nc1ccc2c(c1)OCCCO2)c1cc(-c2ccccc2)c(N2CCOCC2)s1. The van der Waals surface area contributed by atoms with Crippen LogP contribution in [0.5, 0.6) is 11.5 Å². The van der Waals surface area contributed by atoms with Gasteiger partial charge in [0.05, 0.1) is 36.3 Å². The van der Waals surface area contributed by atoms with Gasteiger partial charge in [0, 0.05) is 36.8 Å². The molecule has 7 heteroatoms. The largest absolute Gasteiger partial charge is 0.490 e. The highest BCUT2D eigenvalue weighted by Gasteiger charge is 2.22. The quantitative estimate of drug-likeness (QED) is 0.644. The van der Waals surface area contributed by atoms with Gasteiger partial charge >= 0.3 is 0 Å². The normalized spacial score (nSPS) is 15.9. The van der Waals surface area contributed by atoms with Crippen LogP contribution in [-0.2, 0) is 4.74 Å². The zero-order valence-corrected chi connectivity index (χ0v) is 18.0. The highest BCUT2D eigenvalue weighted by molar-refractivity contribution is 7.18. The van der Waals surface area contributed by atoms with Gasteiger partial charge in [-0.3, -0.25) is 4.79 Å². The van der Waals surface area contributed by atoms with Crippen molar-refractivity contribution < 1.29 is 19.0 Å². The van der Waals surface area contributed by atoms with E-state index in [9.17, 15) is 4.79 Å². The Labute approximate surface area is 185 Å². The summed E-state index contributed by atoms with van der Waals surface area (Å²) in [6.45, 7) is 4.29. The number of thiophene rings is 1. The fourth-order valence-electron chi connectivity index (χ4n) is 3.75. The summed E-state index contributed by atoms with van der Waals surface area (Å²) in [4.78, 5) is 16.1. The first-order chi connectivity index (χ1) is 15.3. The Bertz CT molecular complexity index is 1060. The molecule has 6 nitrogen and oxygen atoms in total. The Morgan fingerprint density at radius 2 is 1.68 bits per heavy atom. The van der Waals surface area contributed by atoms with Gasteiger partial charge in [0.25, 0.3) is 5.91 Å². The first-order valence-electron chi connectivity index (χ1n) is 10.5. The summed E-state index contributed by atoms with van der Waals surface area (Å²) >= 11 is 1.52. The predicted molar refractivity (Wildman–Crippen MR) is 123 cm³/mol. The summed E-state index contributed by atoms with van der Waals surface area (Å²) in [5.74, 6) is 1.25. The van der Waals surface area contributed by atoms with E-state index in [2.05, 4.69) is 22.3 Å². The van der Waals surface area contributed by atoms with Gasteiger partial charge in [0.15, 0.2) is 11.5 Å². The van der Waals surface area contributed by atoms with E-state index in [1.54, 1.807) is 0 Å². The minimum Gasteiger partial charge on any atom is -0.490 e. The minimum absolute atomic E-state index is 0.129. The molecule has 1 aromatic heterocycles. The molecule has 2 aromatic carbocycles. The van der Waals surface area contributed by atoms with Gasteiger partial charge in [-0.2, -0.15) is 0 Å². The Kier molecular flexibility index (Phi) is 5.78. The molecule has 1 N–H and O–H groups in total. The number of fused-ring (bicyclic) bond motifs is 1. The molecule has 3 heterocycles. The molecule has 0 radical (unpaired) electrons. The topological polar surface area (TPSA) is 60.0 Å². The van der Waals surface area contributed by atoms with E-state index in [0.717, 1.165) is 35.6 Å². The second-order valence-electron chi connectivity index (χ2n) is 7.46. The number of morpholine rings is 1. The summed E-state index contributed by atoms with van der Waals surface area (Å²) in [5, 5.41) is 4.13. The molecule has 0 atom stereocenters. The molecule has 0 saturated carbocycles. The van der Waals surface area contributed by atoms with E-state index < -0.39 is 0 Å². The third kappa shape index (κ3) is 4.38. The molecule has 3 aromatic rings. The fraction of sp³-hybridized carbons (Fsp3) is 0.292. The molecule has 1 fully saturated rings. The lowest BCUT2D eigenvalue weighted by Crippen LogP contribution is -2.35. The summed E-state index contributed by atoms with van der Waals surface area (Å²) in [7, 11) is 0. The van der Waals surface area contributed by atoms with Crippen molar-refractivity contribution in [1.82, 2.24) is 0 Å². The number of carbonyl (C=O) groups is 1. The van der Waals surface area contributed by atoms with E-state index in [0.29, 0.717) is 48.5 Å². The molecular formula is C24H24N2O4S. The molecule has 0 spiro atoms. The summed E-state index contributed by atoms with van der Waals surface area (Å²) in [6.07, 6.45) is 0.845. The van der Waals surface area contributed by atoms with Crippen LogP contribution in [0.1, 0.15) is 16.1 Å². The Morgan fingerprint density at radius 3 is 2.48 bits per heavy atom. The summed E-state index contributed by atoms with van der Waals surface area (Å²) < 4.78 is 16.9. The standard InChI is InChI=1S/C24H24N2O4S/c27-23(25-18-7-8-20-21(15-18)30-12-4-11-29-20)22-16-19(17-5-2-1-3-6-17)24(31-22)26-9-13-28-14-10-26/h1-3,5-8,15-16H,4,9-14H2,(H,25,27). The number of amides is 1. The Hall–Kier alpha value is -3.03. The highest BCUT2D eigenvalue weighted by atomic mass is 32.1. The Balaban J connectivity index is 1.42. The van der Waals surface area contributed by atoms with Crippen molar-refractivity contribution in [2.45, 2.75) is 6.42 Å². The number of nitrogens with zero attached hydrogens (tertiary/aromatic N) is 1. The van der Waals surface area contributed by atoms with E-state index in [1.165, 1.54) is 11.3 Å². The van der Waals surface area contributed by atoms with Crippen LogP contribution in [0.2, 0.25) is 0 Å². The van der Waals surface area contributed by atoms with Crippen LogP contribution >= 0.6 is 11.3 Å². The maximum absolute atomic E-state index is 13.1. The molecule has 160 valence electrons. The number of rotatable bonds is 4. The molecule has 0 aliphatic carbocycles. The van der Waals surface area contributed by atoms with Crippen molar-refractivity contribution in [2.24, 2.45) is 0 Å². The molecule has 1 amide bonds. The van der Waals surface area contributed by atoms with Crippen LogP contribution in [0.15, 0.2) is 54.6 Å². The number of benzene rings is 2. The van der Waals surface area contributed by atoms with Gasteiger partial charge < -0.3 is 24.4 Å². The number of hydrogen-bond acceptors (Lipinski definition) is 6. The van der Waals surface area contributed by atoms with Crippen LogP contribution in [0.25, 0.3) is 11.1 Å². The molecule has 2 aliphatic heterocycles. The highest BCUT2D eigenvalue weighted by Crippen LogP contribution is 2.40. The van der Waals surface area contributed by atoms with Gasteiger partial charge in [-0.1, -0.05) is 30.3 Å². The maximum Gasteiger partial charge on any atom is 0.265 e. The molecule has 31 heavy (non-hydrogen) atoms. The third-order valence-electron chi connectivity index (χ3n) is 5.32. The van der Waals surface area contributed by atoms with Crippen LogP contribution in [-0.4, -0.2) is 45.4 Å². The average molecular weight is 437 g/mol. The average Bonchev–Trinajstić information content (AvgIpc) is 3.14. The van der Waals surface area contributed by atoms with Crippen molar-refractivity contribution in [1.29, 1.82) is 0 Å². The lowest BCUT2D eigenvalue weighted by molar-refractivity contribution is 0.103. The summed E-state index contributed by atoms with van der Waals surface area (Å²) in [6, 6.07) is 17.7. The third-order valence-corrected chi connectivity index (χ3v) is 6.52. The van der Waals surface area contributed by atoms with Crippen molar-refractivity contribution in [3.63, 3.8) is 0 Å². The van der Waals surface area contributed by atoms with Crippen molar-refractivity contribution >= 4 is 27.9 Å². The first kappa shape index (κ1) is 19.9. The van der Waals surface area contributed by atoms with Crippen molar-refractivity contribution in [3.8, 4) is 22.6 Å². The predicted octanol–water partition coefficient (Wildman–Crippen LogP) is 4.67. The van der Waals surface area contributed by atoms with E-state index in [-0.39, 0.29) is 5.91 Å². The van der Waals surface area contributed by atoms with Gasteiger partial charge in [-0.25, -0.2) is 0 Å². The van der Waals surface area contributed by atoms with E-state index in [1.807, 2.05) is 42.5 Å². The van der Waals surface area contributed by atoms with E-state index in [4.69, 9.17) is 14.2 Å². The molecule has 1 saturated heterocycles. The second kappa shape index (κ2) is 8.99. The minimum atomic E-state index is -0.129. The number of ether oxygens (including phenoxy) is 3. The molecule has 2 aliphatic rings. The number of hydrogen-bond donors (Lipinski definition) is 1. The first-order valence-corrected chi connectivity index (χ1v) is 11.3. The summed E-state index contributed by atoms with van der Waals surface area (Å²) in [5.41, 5.74) is 2.88. The number of anilines is 2. The number of nitrogens with one attached hydrogen (secondary N) is 1. The van der Waals surface area contributed by atoms with Gasteiger partial charge in [-0.15, -0.1) is 11.3 Å². The monoisotopic (exact) mass is 436 g/mol. The van der Waals surface area contributed by atoms with Gasteiger partial charge in [0.1, 0.15) is 0 Å². The zero-order valence-electron chi connectivity index (χ0n) is 17.1. The van der Waals surface area contributed by atoms with Gasteiger partial charge in [0.2, 0.25) is 0 Å². The van der Waals surface area contributed by atoms with E-state index >= 15 is 0 Å². The van der Waals surface area contributed by atoms with Crippen LogP contribution < -0.4 is 19.7 Å². The lowest BCUT2D eigenvalue weighted by Gasteiger charge is -2.28. The van der Waals surface area contributed by atoms with Crippen LogP contribution in [0.4, 0.5) is 10.7 Å². The van der Waals surface area contributed by atoms with Crippen molar-refractivity contribution in [2.75, 3.05) is 49.7 Å². The number of carbonyl (C=O) groups excluding carboxylic acids is 1. The molecule has 0 unspecified atom stereocenters. The second-order valence-corrected chi connectivity index (χ2v) is 8.49. The zero-order chi connectivity index (χ0) is 21.0. The Morgan fingerprint density at radius 1 is 0.903 bits per heavy atom. The molecule has 5 rings (SSSR count). The van der Waals surface area contributed by atoms with Crippen LogP contribution in [0, 0.1) is 0 Å². The lowest BCUT2D eigenvalue weighted by atomic mass is 10.1. The molecule has 0 bridgehead atoms.